The average molecular weight is 406 g/mol. The Balaban J connectivity index is 1.40. The lowest BCUT2D eigenvalue weighted by molar-refractivity contribution is 0.0995. The Labute approximate surface area is 179 Å². The summed E-state index contributed by atoms with van der Waals surface area (Å²) in [5.41, 5.74) is 3.42. The first-order valence-corrected chi connectivity index (χ1v) is 9.61. The number of furan rings is 1. The van der Waals surface area contributed by atoms with Crippen LogP contribution in [-0.4, -0.2) is 11.8 Å². The number of hydrogen-bond acceptors (Lipinski definition) is 3. The summed E-state index contributed by atoms with van der Waals surface area (Å²) in [6.45, 7) is 0. The molecule has 2 amide bonds. The van der Waals surface area contributed by atoms with E-state index in [-0.39, 0.29) is 17.6 Å². The third-order valence-electron chi connectivity index (χ3n) is 4.40. The van der Waals surface area contributed by atoms with Crippen molar-refractivity contribution in [1.29, 1.82) is 0 Å². The standard InChI is InChI=1S/C26H18N2O3/c29-25(21-13-15-22(16-14-21)27-26(30)24-10-5-17-31-24)28-23-9-4-8-20(18-23)12-11-19-6-2-1-3-7-19/h1-10,13-18H,(H,27,30)(H,28,29). The summed E-state index contributed by atoms with van der Waals surface area (Å²) < 4.78 is 5.06. The zero-order valence-corrected chi connectivity index (χ0v) is 16.5. The van der Waals surface area contributed by atoms with Gasteiger partial charge in [-0.1, -0.05) is 36.1 Å². The largest absolute Gasteiger partial charge is 0.459 e. The van der Waals surface area contributed by atoms with Crippen molar-refractivity contribution in [3.8, 4) is 11.8 Å². The summed E-state index contributed by atoms with van der Waals surface area (Å²) in [5.74, 6) is 5.82. The predicted molar refractivity (Wildman–Crippen MR) is 120 cm³/mol. The SMILES string of the molecule is O=C(Nc1cccc(C#Cc2ccccc2)c1)c1ccc(NC(=O)c2ccco2)cc1. The molecule has 3 aromatic carbocycles. The molecule has 4 rings (SSSR count). The molecule has 2 N–H and O–H groups in total. The highest BCUT2D eigenvalue weighted by Crippen LogP contribution is 2.15. The van der Waals surface area contributed by atoms with Crippen LogP contribution in [0.2, 0.25) is 0 Å². The first-order valence-electron chi connectivity index (χ1n) is 9.61. The highest BCUT2D eigenvalue weighted by atomic mass is 16.3. The second-order valence-corrected chi connectivity index (χ2v) is 6.66. The van der Waals surface area contributed by atoms with Crippen molar-refractivity contribution in [2.75, 3.05) is 10.6 Å². The Morgan fingerprint density at radius 3 is 2.10 bits per heavy atom. The van der Waals surface area contributed by atoms with Crippen molar-refractivity contribution < 1.29 is 14.0 Å². The maximum absolute atomic E-state index is 12.6. The van der Waals surface area contributed by atoms with Crippen molar-refractivity contribution in [3.05, 3.63) is 120 Å². The molecule has 0 radical (unpaired) electrons. The van der Waals surface area contributed by atoms with E-state index in [2.05, 4.69) is 22.5 Å². The van der Waals surface area contributed by atoms with Crippen LogP contribution < -0.4 is 10.6 Å². The fraction of sp³-hybridized carbons (Fsp3) is 0. The summed E-state index contributed by atoms with van der Waals surface area (Å²) in [7, 11) is 0. The van der Waals surface area contributed by atoms with Gasteiger partial charge in [0.05, 0.1) is 6.26 Å². The summed E-state index contributed by atoms with van der Waals surface area (Å²) in [6.07, 6.45) is 1.44. The molecule has 0 saturated heterocycles. The van der Waals surface area contributed by atoms with E-state index < -0.39 is 0 Å². The van der Waals surface area contributed by atoms with Crippen molar-refractivity contribution in [3.63, 3.8) is 0 Å². The Morgan fingerprint density at radius 1 is 0.645 bits per heavy atom. The summed E-state index contributed by atoms with van der Waals surface area (Å²) in [6, 6.07) is 26.9. The second kappa shape index (κ2) is 9.29. The molecule has 150 valence electrons. The molecule has 1 aromatic heterocycles. The number of rotatable bonds is 4. The Hall–Kier alpha value is -4.56. The maximum atomic E-state index is 12.6. The fourth-order valence-corrected chi connectivity index (χ4v) is 2.85. The quantitative estimate of drug-likeness (QED) is 0.459. The summed E-state index contributed by atoms with van der Waals surface area (Å²) >= 11 is 0. The van der Waals surface area contributed by atoms with Crippen LogP contribution >= 0.6 is 0 Å². The van der Waals surface area contributed by atoms with Crippen LogP contribution in [0.1, 0.15) is 32.0 Å². The van der Waals surface area contributed by atoms with Crippen LogP contribution in [0.25, 0.3) is 0 Å². The van der Waals surface area contributed by atoms with Gasteiger partial charge in [0.1, 0.15) is 0 Å². The smallest absolute Gasteiger partial charge is 0.291 e. The number of carbonyl (C=O) groups excluding carboxylic acids is 2. The first-order chi connectivity index (χ1) is 15.2. The topological polar surface area (TPSA) is 71.3 Å². The minimum atomic E-state index is -0.351. The van der Waals surface area contributed by atoms with Crippen LogP contribution in [0, 0.1) is 11.8 Å². The molecule has 0 fully saturated rings. The molecule has 1 heterocycles. The van der Waals surface area contributed by atoms with Crippen molar-refractivity contribution >= 4 is 23.2 Å². The van der Waals surface area contributed by atoms with Gasteiger partial charge in [0.25, 0.3) is 11.8 Å². The molecule has 0 unspecified atom stereocenters. The van der Waals surface area contributed by atoms with Gasteiger partial charge >= 0.3 is 0 Å². The Bertz CT molecular complexity index is 1250. The van der Waals surface area contributed by atoms with Gasteiger partial charge in [0.2, 0.25) is 0 Å². The van der Waals surface area contributed by atoms with Crippen molar-refractivity contribution in [2.24, 2.45) is 0 Å². The lowest BCUT2D eigenvalue weighted by Crippen LogP contribution is -2.13. The minimum Gasteiger partial charge on any atom is -0.459 e. The van der Waals surface area contributed by atoms with Gasteiger partial charge in [-0.25, -0.2) is 0 Å². The monoisotopic (exact) mass is 406 g/mol. The van der Waals surface area contributed by atoms with Crippen LogP contribution in [0.15, 0.2) is 102 Å². The van der Waals surface area contributed by atoms with E-state index in [1.165, 1.54) is 6.26 Å². The molecule has 0 aliphatic rings. The average Bonchev–Trinajstić information content (AvgIpc) is 3.34. The molecule has 5 nitrogen and oxygen atoms in total. The number of benzene rings is 3. The normalized spacial score (nSPS) is 9.94. The van der Waals surface area contributed by atoms with Crippen LogP contribution in [-0.2, 0) is 0 Å². The molecule has 0 aliphatic heterocycles. The second-order valence-electron chi connectivity index (χ2n) is 6.66. The van der Waals surface area contributed by atoms with E-state index in [4.69, 9.17) is 4.42 Å². The number of hydrogen-bond donors (Lipinski definition) is 2. The lowest BCUT2D eigenvalue weighted by Gasteiger charge is -2.07. The van der Waals surface area contributed by atoms with E-state index in [9.17, 15) is 9.59 Å². The zero-order valence-electron chi connectivity index (χ0n) is 16.5. The van der Waals surface area contributed by atoms with Gasteiger partial charge in [0, 0.05) is 28.1 Å². The number of amides is 2. The van der Waals surface area contributed by atoms with Gasteiger partial charge in [-0.05, 0) is 66.7 Å². The van der Waals surface area contributed by atoms with Crippen LogP contribution in [0.5, 0.6) is 0 Å². The third-order valence-corrected chi connectivity index (χ3v) is 4.40. The van der Waals surface area contributed by atoms with E-state index in [1.54, 1.807) is 36.4 Å². The van der Waals surface area contributed by atoms with E-state index in [0.29, 0.717) is 16.9 Å². The molecular weight excluding hydrogens is 388 g/mol. The van der Waals surface area contributed by atoms with Crippen LogP contribution in [0.4, 0.5) is 11.4 Å². The number of anilines is 2. The summed E-state index contributed by atoms with van der Waals surface area (Å²) in [4.78, 5) is 24.6. The van der Waals surface area contributed by atoms with Crippen LogP contribution in [0.3, 0.4) is 0 Å². The highest BCUT2D eigenvalue weighted by Gasteiger charge is 2.10. The minimum absolute atomic E-state index is 0.220. The molecule has 5 heteroatoms. The van der Waals surface area contributed by atoms with Gasteiger partial charge in [0.15, 0.2) is 5.76 Å². The molecule has 0 atom stereocenters. The fourth-order valence-electron chi connectivity index (χ4n) is 2.85. The van der Waals surface area contributed by atoms with Gasteiger partial charge in [-0.3, -0.25) is 9.59 Å². The van der Waals surface area contributed by atoms with Gasteiger partial charge < -0.3 is 15.1 Å². The van der Waals surface area contributed by atoms with E-state index in [0.717, 1.165) is 11.1 Å². The molecule has 0 aliphatic carbocycles. The molecule has 0 saturated carbocycles. The summed E-state index contributed by atoms with van der Waals surface area (Å²) in [5, 5.41) is 5.59. The lowest BCUT2D eigenvalue weighted by atomic mass is 10.1. The van der Waals surface area contributed by atoms with Gasteiger partial charge in [-0.2, -0.15) is 0 Å². The number of nitrogens with one attached hydrogen (secondary N) is 2. The van der Waals surface area contributed by atoms with Crippen molar-refractivity contribution in [1.82, 2.24) is 0 Å². The maximum Gasteiger partial charge on any atom is 0.291 e. The molecule has 0 bridgehead atoms. The first kappa shape index (κ1) is 19.7. The predicted octanol–water partition coefficient (Wildman–Crippen LogP) is 5.18. The van der Waals surface area contributed by atoms with E-state index >= 15 is 0 Å². The highest BCUT2D eigenvalue weighted by molar-refractivity contribution is 6.05. The Kier molecular flexibility index (Phi) is 5.92. The molecule has 4 aromatic rings. The van der Waals surface area contributed by atoms with Gasteiger partial charge in [-0.15, -0.1) is 0 Å². The van der Waals surface area contributed by atoms with Crippen molar-refractivity contribution in [2.45, 2.75) is 0 Å². The molecular formula is C26H18N2O3. The van der Waals surface area contributed by atoms with E-state index in [1.807, 2.05) is 54.6 Å². The number of carbonyl (C=O) groups is 2. The Morgan fingerprint density at radius 2 is 1.35 bits per heavy atom. The molecule has 0 spiro atoms. The zero-order chi connectivity index (χ0) is 21.5. The molecule has 31 heavy (non-hydrogen) atoms. The third kappa shape index (κ3) is 5.28.